The number of amides is 1. The van der Waals surface area contributed by atoms with E-state index in [0.717, 1.165) is 32.8 Å². The van der Waals surface area contributed by atoms with Gasteiger partial charge < -0.3 is 20.4 Å². The summed E-state index contributed by atoms with van der Waals surface area (Å²) in [5.41, 5.74) is 6.10. The first-order valence-corrected chi connectivity index (χ1v) is 8.76. The van der Waals surface area contributed by atoms with E-state index in [9.17, 15) is 14.7 Å². The van der Waals surface area contributed by atoms with Crippen LogP contribution >= 0.6 is 11.8 Å². The third kappa shape index (κ3) is 3.41. The molecule has 3 rings (SSSR count). The van der Waals surface area contributed by atoms with Crippen molar-refractivity contribution >= 4 is 29.9 Å². The highest BCUT2D eigenvalue weighted by atomic mass is 32.2. The van der Waals surface area contributed by atoms with Gasteiger partial charge >= 0.3 is 5.97 Å². The molecule has 3 aliphatic heterocycles. The third-order valence-electron chi connectivity index (χ3n) is 4.13. The lowest BCUT2D eigenvalue weighted by molar-refractivity contribution is -0.147. The molecule has 0 unspecified atom stereocenters. The number of aliphatic carboxylic acids is 1. The monoisotopic (exact) mass is 356 g/mol. The number of nitrogens with zero attached hydrogens (tertiary/aromatic N) is 3. The van der Waals surface area contributed by atoms with Gasteiger partial charge in [0, 0.05) is 31.0 Å². The highest BCUT2D eigenvalue weighted by Gasteiger charge is 2.51. The summed E-state index contributed by atoms with van der Waals surface area (Å²) in [6, 6.07) is -0.632. The van der Waals surface area contributed by atoms with Gasteiger partial charge in [0.1, 0.15) is 23.7 Å². The highest BCUT2D eigenvalue weighted by Crippen LogP contribution is 2.38. The second kappa shape index (κ2) is 7.51. The van der Waals surface area contributed by atoms with Crippen LogP contribution in [0.3, 0.4) is 0 Å². The minimum atomic E-state index is -1.16. The molecule has 3 heterocycles. The first-order valence-electron chi connectivity index (χ1n) is 7.71. The van der Waals surface area contributed by atoms with Crippen molar-refractivity contribution in [2.75, 3.05) is 45.2 Å². The molecule has 2 atom stereocenters. The predicted molar refractivity (Wildman–Crippen MR) is 87.4 cm³/mol. The van der Waals surface area contributed by atoms with Crippen molar-refractivity contribution in [2.24, 2.45) is 10.9 Å². The zero-order valence-corrected chi connectivity index (χ0v) is 13.9. The molecule has 3 N–H and O–H groups in total. The van der Waals surface area contributed by atoms with Crippen LogP contribution in [0, 0.1) is 0 Å². The first-order chi connectivity index (χ1) is 11.6. The van der Waals surface area contributed by atoms with Crippen LogP contribution < -0.4 is 5.73 Å². The zero-order chi connectivity index (χ0) is 17.1. The third-order valence-corrected chi connectivity index (χ3v) is 5.45. The summed E-state index contributed by atoms with van der Waals surface area (Å²) in [5.74, 6) is -1.10. The largest absolute Gasteiger partial charge is 0.477 e. The molecule has 0 spiro atoms. The number of carboxylic acid groups (broad SMARTS) is 1. The van der Waals surface area contributed by atoms with Gasteiger partial charge in [0.15, 0.2) is 0 Å². The van der Waals surface area contributed by atoms with Gasteiger partial charge in [-0.25, -0.2) is 4.79 Å². The van der Waals surface area contributed by atoms with Gasteiger partial charge in [0.2, 0.25) is 5.91 Å². The average molecular weight is 356 g/mol. The molecule has 0 radical (unpaired) electrons. The van der Waals surface area contributed by atoms with Gasteiger partial charge in [-0.05, 0) is 0 Å². The van der Waals surface area contributed by atoms with Crippen molar-refractivity contribution in [3.05, 3.63) is 11.3 Å². The van der Waals surface area contributed by atoms with Crippen LogP contribution in [0.1, 0.15) is 0 Å². The lowest BCUT2D eigenvalue weighted by atomic mass is 10.0. The summed E-state index contributed by atoms with van der Waals surface area (Å²) in [7, 11) is 0. The summed E-state index contributed by atoms with van der Waals surface area (Å²) in [6.07, 6.45) is 1.38. The molecule has 2 fully saturated rings. The number of oxime groups is 1. The molecule has 24 heavy (non-hydrogen) atoms. The quantitative estimate of drug-likeness (QED) is 0.267. The molecule has 0 aromatic carbocycles. The molecule has 9 nitrogen and oxygen atoms in total. The molecule has 0 saturated carbocycles. The van der Waals surface area contributed by atoms with E-state index in [2.05, 4.69) is 10.1 Å². The Kier molecular flexibility index (Phi) is 5.39. The van der Waals surface area contributed by atoms with Crippen molar-refractivity contribution in [2.45, 2.75) is 11.4 Å². The van der Waals surface area contributed by atoms with Gasteiger partial charge in [0.05, 0.1) is 19.4 Å². The van der Waals surface area contributed by atoms with Crippen LogP contribution in [-0.2, 0) is 19.2 Å². The number of nitrogens with two attached hydrogens (primary N) is 1. The molecule has 1 amide bonds. The number of carbonyl (C=O) groups is 2. The summed E-state index contributed by atoms with van der Waals surface area (Å²) in [6.45, 7) is 4.34. The van der Waals surface area contributed by atoms with E-state index in [-0.39, 0.29) is 17.0 Å². The van der Waals surface area contributed by atoms with Gasteiger partial charge in [-0.15, -0.1) is 11.8 Å². The van der Waals surface area contributed by atoms with Crippen LogP contribution in [0.5, 0.6) is 0 Å². The standard InChI is InChI=1S/C14H20N4O5S/c15-10-12(19)18-11(14(20)21)9(8-24-13(10)18)7-16-23-6-3-17-1-4-22-5-2-17/h7,10,13H,1-6,8,15H2,(H,20,21)/b16-7+/t10-,13-/m1/s1. The maximum atomic E-state index is 11.8. The minimum Gasteiger partial charge on any atom is -0.477 e. The van der Waals surface area contributed by atoms with Gasteiger partial charge in [-0.3, -0.25) is 14.6 Å². The minimum absolute atomic E-state index is 0.0500. The number of β-lactam (4-membered cyclic amide) rings is 1. The molecule has 0 aromatic heterocycles. The Morgan fingerprint density at radius 1 is 1.50 bits per heavy atom. The second-order valence-corrected chi connectivity index (χ2v) is 6.74. The van der Waals surface area contributed by atoms with Crippen LogP contribution in [-0.4, -0.2) is 89.6 Å². The molecule has 0 aromatic rings. The molecule has 3 aliphatic rings. The number of hydrogen-bond donors (Lipinski definition) is 2. The van der Waals surface area contributed by atoms with E-state index in [4.69, 9.17) is 15.3 Å². The fourth-order valence-corrected chi connectivity index (χ4v) is 4.03. The Balaban J connectivity index is 1.56. The van der Waals surface area contributed by atoms with Crippen molar-refractivity contribution in [3.63, 3.8) is 0 Å². The second-order valence-electron chi connectivity index (χ2n) is 5.64. The fraction of sp³-hybridized carbons (Fsp3) is 0.643. The number of carboxylic acids is 1. The topological polar surface area (TPSA) is 118 Å². The highest BCUT2D eigenvalue weighted by molar-refractivity contribution is 8.00. The van der Waals surface area contributed by atoms with E-state index in [1.165, 1.54) is 22.9 Å². The van der Waals surface area contributed by atoms with Crippen molar-refractivity contribution in [1.29, 1.82) is 0 Å². The Hall–Kier alpha value is -1.62. The van der Waals surface area contributed by atoms with E-state index >= 15 is 0 Å². The Labute approximate surface area is 143 Å². The van der Waals surface area contributed by atoms with Gasteiger partial charge in [-0.1, -0.05) is 5.16 Å². The Morgan fingerprint density at radius 2 is 2.25 bits per heavy atom. The molecular formula is C14H20N4O5S. The molecule has 10 heteroatoms. The number of thioether (sulfide) groups is 1. The summed E-state index contributed by atoms with van der Waals surface area (Å²) in [4.78, 5) is 31.9. The summed E-state index contributed by atoms with van der Waals surface area (Å²) >= 11 is 1.43. The Bertz CT molecular complexity index is 576. The van der Waals surface area contributed by atoms with Gasteiger partial charge in [-0.2, -0.15) is 0 Å². The first kappa shape index (κ1) is 17.2. The fourth-order valence-electron chi connectivity index (χ4n) is 2.79. The molecule has 2 saturated heterocycles. The molecule has 0 bridgehead atoms. The number of fused-ring (bicyclic) bond motifs is 1. The Morgan fingerprint density at radius 3 is 2.96 bits per heavy atom. The van der Waals surface area contributed by atoms with Crippen molar-refractivity contribution in [1.82, 2.24) is 9.80 Å². The maximum Gasteiger partial charge on any atom is 0.353 e. The van der Waals surface area contributed by atoms with Crippen LogP contribution in [0.2, 0.25) is 0 Å². The number of hydrogen-bond acceptors (Lipinski definition) is 8. The predicted octanol–water partition coefficient (Wildman–Crippen LogP) is -1.10. The molecule has 0 aliphatic carbocycles. The maximum absolute atomic E-state index is 11.8. The number of morpholine rings is 1. The SMILES string of the molecule is N[C@@H]1C(=O)N2C(C(=O)O)=C(/C=N/OCCN3CCOCC3)CS[C@H]12. The zero-order valence-electron chi connectivity index (χ0n) is 13.1. The molecular weight excluding hydrogens is 336 g/mol. The lowest BCUT2D eigenvalue weighted by Gasteiger charge is -2.47. The summed E-state index contributed by atoms with van der Waals surface area (Å²) < 4.78 is 5.26. The van der Waals surface area contributed by atoms with Crippen LogP contribution in [0.4, 0.5) is 0 Å². The lowest BCUT2D eigenvalue weighted by Crippen LogP contribution is -2.68. The van der Waals surface area contributed by atoms with Crippen molar-refractivity contribution in [3.8, 4) is 0 Å². The van der Waals surface area contributed by atoms with Crippen LogP contribution in [0.15, 0.2) is 16.4 Å². The average Bonchev–Trinajstić information content (AvgIpc) is 2.60. The van der Waals surface area contributed by atoms with Crippen molar-refractivity contribution < 1.29 is 24.3 Å². The normalized spacial score (nSPS) is 28.0. The van der Waals surface area contributed by atoms with E-state index in [1.54, 1.807) is 0 Å². The smallest absolute Gasteiger partial charge is 0.353 e. The number of ether oxygens (including phenoxy) is 1. The number of rotatable bonds is 6. The number of carbonyl (C=O) groups excluding carboxylic acids is 1. The van der Waals surface area contributed by atoms with Crippen LogP contribution in [0.25, 0.3) is 0 Å². The van der Waals surface area contributed by atoms with E-state index < -0.39 is 12.0 Å². The van der Waals surface area contributed by atoms with E-state index in [0.29, 0.717) is 17.9 Å². The summed E-state index contributed by atoms with van der Waals surface area (Å²) in [5, 5.41) is 12.9. The molecule has 132 valence electrons. The van der Waals surface area contributed by atoms with Gasteiger partial charge in [0.25, 0.3) is 0 Å². The van der Waals surface area contributed by atoms with E-state index in [1.807, 2.05) is 0 Å².